The zero-order valence-electron chi connectivity index (χ0n) is 12.4. The van der Waals surface area contributed by atoms with Crippen molar-refractivity contribution in [3.63, 3.8) is 0 Å². The molecule has 1 amide bonds. The average Bonchev–Trinajstić information content (AvgIpc) is 2.44. The van der Waals surface area contributed by atoms with Gasteiger partial charge in [0.1, 0.15) is 0 Å². The predicted molar refractivity (Wildman–Crippen MR) is 86.9 cm³/mol. The normalized spacial score (nSPS) is 13.2. The van der Waals surface area contributed by atoms with E-state index in [-0.39, 0.29) is 10.8 Å². The topological polar surface area (TPSA) is 92.5 Å². The molecule has 0 radical (unpaired) electrons. The zero-order chi connectivity index (χ0) is 16.0. The van der Waals surface area contributed by atoms with Crippen LogP contribution in [-0.2, 0) is 14.8 Å². The molecule has 0 spiro atoms. The molecule has 0 unspecified atom stereocenters. The summed E-state index contributed by atoms with van der Waals surface area (Å²) in [4.78, 5) is 12.0. The summed E-state index contributed by atoms with van der Waals surface area (Å²) in [6.45, 7) is 0. The first-order valence-corrected chi connectivity index (χ1v) is 9.20. The molecule has 0 fully saturated rings. The lowest BCUT2D eigenvalue weighted by Gasteiger charge is -2.14. The summed E-state index contributed by atoms with van der Waals surface area (Å²) in [5.74, 6) is 0.479. The number of sulfonamides is 1. The van der Waals surface area contributed by atoms with Crippen molar-refractivity contribution in [1.82, 2.24) is 4.31 Å². The quantitative estimate of drug-likeness (QED) is 0.776. The van der Waals surface area contributed by atoms with Gasteiger partial charge >= 0.3 is 0 Å². The first-order valence-electron chi connectivity index (χ1n) is 6.37. The third-order valence-electron chi connectivity index (χ3n) is 2.85. The maximum Gasteiger partial charge on any atom is 0.242 e. The van der Waals surface area contributed by atoms with E-state index in [1.54, 1.807) is 23.9 Å². The van der Waals surface area contributed by atoms with Crippen LogP contribution in [-0.4, -0.2) is 50.8 Å². The van der Waals surface area contributed by atoms with Gasteiger partial charge in [0.2, 0.25) is 15.9 Å². The van der Waals surface area contributed by atoms with Gasteiger partial charge < -0.3 is 11.1 Å². The number of carbonyl (C=O) groups excluding carboxylic acids is 1. The van der Waals surface area contributed by atoms with E-state index in [2.05, 4.69) is 5.32 Å². The van der Waals surface area contributed by atoms with E-state index < -0.39 is 16.1 Å². The Morgan fingerprint density at radius 2 is 2.10 bits per heavy atom. The van der Waals surface area contributed by atoms with E-state index in [0.717, 1.165) is 10.1 Å². The first-order chi connectivity index (χ1) is 9.78. The number of anilines is 1. The number of nitrogens with two attached hydrogens (primary N) is 1. The number of rotatable bonds is 7. The number of nitrogens with zero attached hydrogens (tertiary/aromatic N) is 1. The maximum absolute atomic E-state index is 12.0. The van der Waals surface area contributed by atoms with Crippen LogP contribution in [0.1, 0.15) is 6.42 Å². The van der Waals surface area contributed by atoms with Gasteiger partial charge in [-0.3, -0.25) is 4.79 Å². The van der Waals surface area contributed by atoms with Gasteiger partial charge in [-0.05, 0) is 36.6 Å². The number of benzene rings is 1. The highest BCUT2D eigenvalue weighted by Gasteiger charge is 2.18. The summed E-state index contributed by atoms with van der Waals surface area (Å²) in [6, 6.07) is 5.52. The lowest BCUT2D eigenvalue weighted by atomic mass is 10.2. The Hall–Kier alpha value is -1.09. The monoisotopic (exact) mass is 331 g/mol. The Bertz CT molecular complexity index is 588. The number of carbonyl (C=O) groups is 1. The minimum atomic E-state index is -3.52. The lowest BCUT2D eigenvalue weighted by Crippen LogP contribution is -2.36. The number of amides is 1. The molecule has 21 heavy (non-hydrogen) atoms. The summed E-state index contributed by atoms with van der Waals surface area (Å²) in [6.07, 6.45) is 2.52. The number of hydrogen-bond acceptors (Lipinski definition) is 5. The molecule has 0 heterocycles. The van der Waals surface area contributed by atoms with Gasteiger partial charge in [-0.1, -0.05) is 6.07 Å². The molecule has 8 heteroatoms. The molecule has 0 saturated carbocycles. The summed E-state index contributed by atoms with van der Waals surface area (Å²) in [5, 5.41) is 2.65. The molecular weight excluding hydrogens is 310 g/mol. The van der Waals surface area contributed by atoms with Crippen molar-refractivity contribution >= 4 is 33.4 Å². The molecule has 0 aliphatic carbocycles. The van der Waals surface area contributed by atoms with Crippen molar-refractivity contribution in [3.8, 4) is 0 Å². The molecule has 3 N–H and O–H groups in total. The molecule has 0 aliphatic rings. The highest BCUT2D eigenvalue weighted by atomic mass is 32.2. The number of nitrogens with one attached hydrogen (secondary N) is 1. The van der Waals surface area contributed by atoms with Crippen LogP contribution in [0, 0.1) is 0 Å². The van der Waals surface area contributed by atoms with Gasteiger partial charge in [0.05, 0.1) is 10.9 Å². The van der Waals surface area contributed by atoms with Gasteiger partial charge in [-0.25, -0.2) is 12.7 Å². The van der Waals surface area contributed by atoms with Crippen LogP contribution >= 0.6 is 11.8 Å². The molecular formula is C13H21N3O3S2. The Balaban J connectivity index is 2.85. The summed E-state index contributed by atoms with van der Waals surface area (Å²) in [7, 11) is -0.608. The van der Waals surface area contributed by atoms with Gasteiger partial charge in [-0.15, -0.1) is 0 Å². The number of hydrogen-bond donors (Lipinski definition) is 2. The Morgan fingerprint density at radius 3 is 2.67 bits per heavy atom. The molecule has 0 saturated heterocycles. The lowest BCUT2D eigenvalue weighted by molar-refractivity contribution is -0.117. The largest absolute Gasteiger partial charge is 0.325 e. The highest BCUT2D eigenvalue weighted by molar-refractivity contribution is 7.98. The molecule has 0 aromatic heterocycles. The molecule has 1 atom stereocenters. The molecule has 1 rings (SSSR count). The molecule has 6 nitrogen and oxygen atoms in total. The molecule has 118 valence electrons. The molecule has 0 bridgehead atoms. The zero-order valence-corrected chi connectivity index (χ0v) is 14.0. The van der Waals surface area contributed by atoms with Gasteiger partial charge in [0.15, 0.2) is 0 Å². The minimum absolute atomic E-state index is 0.128. The van der Waals surface area contributed by atoms with E-state index in [1.807, 2.05) is 6.26 Å². The maximum atomic E-state index is 12.0. The summed E-state index contributed by atoms with van der Waals surface area (Å²) < 4.78 is 25.2. The van der Waals surface area contributed by atoms with Crippen LogP contribution in [0.25, 0.3) is 0 Å². The SMILES string of the molecule is CSCC[C@H](N)C(=O)Nc1cccc(S(=O)(=O)N(C)C)c1. The molecule has 1 aromatic rings. The summed E-state index contributed by atoms with van der Waals surface area (Å²) >= 11 is 1.62. The third kappa shape index (κ3) is 4.99. The standard InChI is InChI=1S/C13H21N3O3S2/c1-16(2)21(18,19)11-6-4-5-10(9-11)15-13(17)12(14)7-8-20-3/h4-6,9,12H,7-8,14H2,1-3H3,(H,15,17)/t12-/m0/s1. The average molecular weight is 331 g/mol. The second-order valence-electron chi connectivity index (χ2n) is 4.69. The van der Waals surface area contributed by atoms with Gasteiger partial charge in [-0.2, -0.15) is 11.8 Å². The second kappa shape index (κ2) is 7.79. The van der Waals surface area contributed by atoms with Crippen LogP contribution in [0.3, 0.4) is 0 Å². The van der Waals surface area contributed by atoms with Crippen molar-refractivity contribution in [3.05, 3.63) is 24.3 Å². The van der Waals surface area contributed by atoms with Crippen LogP contribution in [0.4, 0.5) is 5.69 Å². The van der Waals surface area contributed by atoms with E-state index in [9.17, 15) is 13.2 Å². The van der Waals surface area contributed by atoms with E-state index >= 15 is 0 Å². The third-order valence-corrected chi connectivity index (χ3v) is 5.30. The van der Waals surface area contributed by atoms with Gasteiger partial charge in [0, 0.05) is 19.8 Å². The Morgan fingerprint density at radius 1 is 1.43 bits per heavy atom. The minimum Gasteiger partial charge on any atom is -0.325 e. The molecule has 0 aliphatic heterocycles. The van der Waals surface area contributed by atoms with Crippen molar-refractivity contribution in [1.29, 1.82) is 0 Å². The van der Waals surface area contributed by atoms with Crippen LogP contribution < -0.4 is 11.1 Å². The van der Waals surface area contributed by atoms with Gasteiger partial charge in [0.25, 0.3) is 0 Å². The van der Waals surface area contributed by atoms with E-state index in [4.69, 9.17) is 5.73 Å². The second-order valence-corrected chi connectivity index (χ2v) is 7.83. The van der Waals surface area contributed by atoms with Crippen LogP contribution in [0.2, 0.25) is 0 Å². The Labute approximate surface area is 130 Å². The predicted octanol–water partition coefficient (Wildman–Crippen LogP) is 0.956. The van der Waals surface area contributed by atoms with Crippen molar-refractivity contribution < 1.29 is 13.2 Å². The van der Waals surface area contributed by atoms with Crippen molar-refractivity contribution in [2.75, 3.05) is 31.4 Å². The number of thioether (sulfide) groups is 1. The fraction of sp³-hybridized carbons (Fsp3) is 0.462. The van der Waals surface area contributed by atoms with Crippen LogP contribution in [0.15, 0.2) is 29.2 Å². The highest BCUT2D eigenvalue weighted by Crippen LogP contribution is 2.18. The van der Waals surface area contributed by atoms with Crippen molar-refractivity contribution in [2.24, 2.45) is 5.73 Å². The van der Waals surface area contributed by atoms with Crippen molar-refractivity contribution in [2.45, 2.75) is 17.4 Å². The fourth-order valence-corrected chi connectivity index (χ4v) is 2.99. The van der Waals surface area contributed by atoms with E-state index in [0.29, 0.717) is 12.1 Å². The fourth-order valence-electron chi connectivity index (χ4n) is 1.56. The first kappa shape index (κ1) is 18.0. The smallest absolute Gasteiger partial charge is 0.242 e. The van der Waals surface area contributed by atoms with Crippen LogP contribution in [0.5, 0.6) is 0 Å². The summed E-state index contributed by atoms with van der Waals surface area (Å²) in [5.41, 5.74) is 6.19. The molecule has 1 aromatic carbocycles. The Kier molecular flexibility index (Phi) is 6.66. The van der Waals surface area contributed by atoms with E-state index in [1.165, 1.54) is 26.2 Å².